The Morgan fingerprint density at radius 3 is 0.939 bits per heavy atom. The summed E-state index contributed by atoms with van der Waals surface area (Å²) in [5, 5.41) is 9.01. The number of nitrogens with zero attached hydrogens (tertiary/aromatic N) is 1. The Hall–Kier alpha value is -0.0800. The van der Waals surface area contributed by atoms with Gasteiger partial charge in [-0.3, -0.25) is 0 Å². The molecular weight excluding hydrogens is 402 g/mol. The van der Waals surface area contributed by atoms with Gasteiger partial charge in [-0.15, -0.1) is 0 Å². The molecule has 33 heavy (non-hydrogen) atoms. The van der Waals surface area contributed by atoms with E-state index in [-0.39, 0.29) is 0 Å². The molecule has 0 atom stereocenters. The van der Waals surface area contributed by atoms with E-state index in [1.807, 2.05) is 0 Å². The van der Waals surface area contributed by atoms with Crippen molar-refractivity contribution in [1.29, 1.82) is 0 Å². The summed E-state index contributed by atoms with van der Waals surface area (Å²) < 4.78 is 0. The lowest BCUT2D eigenvalue weighted by Gasteiger charge is -2.21. The van der Waals surface area contributed by atoms with Crippen LogP contribution < -0.4 is 0 Å². The third kappa shape index (κ3) is 28.0. The smallest absolute Gasteiger partial charge is 0.0443 e. The van der Waals surface area contributed by atoms with Crippen molar-refractivity contribution < 1.29 is 5.11 Å². The number of hydrogen-bond acceptors (Lipinski definition) is 2. The van der Waals surface area contributed by atoms with Crippen LogP contribution in [-0.4, -0.2) is 36.2 Å². The van der Waals surface area contributed by atoms with E-state index in [4.69, 9.17) is 5.11 Å². The molecule has 0 aromatic heterocycles. The van der Waals surface area contributed by atoms with Crippen molar-refractivity contribution in [2.75, 3.05) is 26.2 Å². The fraction of sp³-hybridized carbons (Fsp3) is 1.00. The van der Waals surface area contributed by atoms with Gasteiger partial charge in [0.2, 0.25) is 0 Å². The number of hydrogen-bond donors (Lipinski definition) is 1. The van der Waals surface area contributed by atoms with Crippen molar-refractivity contribution in [3.63, 3.8) is 0 Å². The Morgan fingerprint density at radius 2 is 0.636 bits per heavy atom. The highest BCUT2D eigenvalue weighted by Crippen LogP contribution is 2.15. The Morgan fingerprint density at radius 1 is 0.333 bits per heavy atom. The number of aliphatic hydroxyl groups is 1. The molecular formula is C31H65NO. The van der Waals surface area contributed by atoms with E-state index in [1.54, 1.807) is 0 Å². The summed E-state index contributed by atoms with van der Waals surface area (Å²) in [6, 6.07) is 0. The van der Waals surface area contributed by atoms with Crippen LogP contribution in [0.25, 0.3) is 0 Å². The fourth-order valence-corrected chi connectivity index (χ4v) is 5.07. The monoisotopic (exact) mass is 468 g/mol. The lowest BCUT2D eigenvalue weighted by Crippen LogP contribution is -2.27. The summed E-state index contributed by atoms with van der Waals surface area (Å²) in [4.78, 5) is 2.54. The van der Waals surface area contributed by atoms with Crippen molar-refractivity contribution in [3.05, 3.63) is 0 Å². The molecule has 2 nitrogen and oxygen atoms in total. The highest BCUT2D eigenvalue weighted by molar-refractivity contribution is 4.58. The molecule has 200 valence electrons. The fourth-order valence-electron chi connectivity index (χ4n) is 5.07. The average Bonchev–Trinajstić information content (AvgIpc) is 2.82. The van der Waals surface area contributed by atoms with Gasteiger partial charge >= 0.3 is 0 Å². The first-order chi connectivity index (χ1) is 16.3. The predicted octanol–water partition coefficient (Wildman–Crippen LogP) is 10.1. The van der Waals surface area contributed by atoms with Crippen molar-refractivity contribution >= 4 is 0 Å². The van der Waals surface area contributed by atoms with E-state index in [0.717, 1.165) is 13.0 Å². The van der Waals surface area contributed by atoms with Crippen LogP contribution in [0.3, 0.4) is 0 Å². The lowest BCUT2D eigenvalue weighted by atomic mass is 10.0. The van der Waals surface area contributed by atoms with Gasteiger partial charge < -0.3 is 10.0 Å². The van der Waals surface area contributed by atoms with Crippen molar-refractivity contribution in [1.82, 2.24) is 4.90 Å². The molecule has 0 saturated carbocycles. The first kappa shape index (κ1) is 32.9. The largest absolute Gasteiger partial charge is 0.396 e. The van der Waals surface area contributed by atoms with Gasteiger partial charge in [-0.25, -0.2) is 0 Å². The average molecular weight is 468 g/mol. The van der Waals surface area contributed by atoms with Crippen LogP contribution in [0.15, 0.2) is 0 Å². The third-order valence-corrected chi connectivity index (χ3v) is 7.25. The second-order valence-electron chi connectivity index (χ2n) is 10.7. The number of aliphatic hydroxyl groups excluding tert-OH is 1. The van der Waals surface area contributed by atoms with Crippen LogP contribution in [0.1, 0.15) is 174 Å². The molecule has 0 aliphatic heterocycles. The quantitative estimate of drug-likeness (QED) is 0.111. The first-order valence-corrected chi connectivity index (χ1v) is 15.7. The minimum Gasteiger partial charge on any atom is -0.396 e. The zero-order chi connectivity index (χ0) is 24.1. The molecule has 2 heteroatoms. The second kappa shape index (κ2) is 30.0. The number of unbranched alkanes of at least 4 members (excludes halogenated alkanes) is 22. The molecule has 0 radical (unpaired) electrons. The third-order valence-electron chi connectivity index (χ3n) is 7.25. The van der Waals surface area contributed by atoms with E-state index in [2.05, 4.69) is 18.7 Å². The molecule has 0 bridgehead atoms. The molecule has 0 amide bonds. The molecule has 0 aliphatic carbocycles. The van der Waals surface area contributed by atoms with Gasteiger partial charge in [-0.1, -0.05) is 155 Å². The maximum atomic E-state index is 9.01. The standard InChI is InChI=1S/C31H65NO/c1-3-5-6-7-8-9-10-11-12-13-14-15-16-17-18-19-20-21-22-23-24-25-26-29-32(28-4-2)30-27-31-33/h33H,3-31H2,1-2H3. The molecule has 0 spiro atoms. The molecule has 0 unspecified atom stereocenters. The van der Waals surface area contributed by atoms with Gasteiger partial charge in [-0.2, -0.15) is 0 Å². The zero-order valence-electron chi connectivity index (χ0n) is 23.4. The molecule has 1 N–H and O–H groups in total. The Bertz CT molecular complexity index is 333. The van der Waals surface area contributed by atoms with Crippen molar-refractivity contribution in [2.24, 2.45) is 0 Å². The van der Waals surface area contributed by atoms with Crippen LogP contribution in [0.5, 0.6) is 0 Å². The van der Waals surface area contributed by atoms with Gasteiger partial charge in [0.15, 0.2) is 0 Å². The van der Waals surface area contributed by atoms with E-state index >= 15 is 0 Å². The predicted molar refractivity (Wildman–Crippen MR) is 150 cm³/mol. The van der Waals surface area contributed by atoms with Crippen molar-refractivity contribution in [3.8, 4) is 0 Å². The number of rotatable bonds is 29. The molecule has 0 heterocycles. The summed E-state index contributed by atoms with van der Waals surface area (Å²) in [6.07, 6.45) is 35.6. The minimum atomic E-state index is 0.333. The topological polar surface area (TPSA) is 23.5 Å². The zero-order valence-corrected chi connectivity index (χ0v) is 23.4. The van der Waals surface area contributed by atoms with Crippen LogP contribution in [-0.2, 0) is 0 Å². The van der Waals surface area contributed by atoms with E-state index in [9.17, 15) is 0 Å². The molecule has 0 aromatic rings. The van der Waals surface area contributed by atoms with Crippen LogP contribution >= 0.6 is 0 Å². The van der Waals surface area contributed by atoms with Crippen molar-refractivity contribution in [2.45, 2.75) is 174 Å². The molecule has 0 aromatic carbocycles. The molecule has 0 saturated heterocycles. The van der Waals surface area contributed by atoms with Gasteiger partial charge in [0.25, 0.3) is 0 Å². The minimum absolute atomic E-state index is 0.333. The summed E-state index contributed by atoms with van der Waals surface area (Å²) >= 11 is 0. The van der Waals surface area contributed by atoms with Gasteiger partial charge in [0.1, 0.15) is 0 Å². The first-order valence-electron chi connectivity index (χ1n) is 15.7. The highest BCUT2D eigenvalue weighted by Gasteiger charge is 2.02. The SMILES string of the molecule is CCCCCCCCCCCCCCCCCCCCCCCCCN(CCC)CCCO. The summed E-state index contributed by atoms with van der Waals surface area (Å²) in [7, 11) is 0. The Balaban J connectivity index is 3.14. The van der Waals surface area contributed by atoms with Crippen LogP contribution in [0, 0.1) is 0 Å². The van der Waals surface area contributed by atoms with Gasteiger partial charge in [-0.05, 0) is 32.4 Å². The molecule has 0 fully saturated rings. The maximum absolute atomic E-state index is 9.01. The normalized spacial score (nSPS) is 11.6. The Kier molecular flexibility index (Phi) is 29.9. The van der Waals surface area contributed by atoms with E-state index < -0.39 is 0 Å². The van der Waals surface area contributed by atoms with Crippen LogP contribution in [0.2, 0.25) is 0 Å². The van der Waals surface area contributed by atoms with Gasteiger partial charge in [0, 0.05) is 13.2 Å². The van der Waals surface area contributed by atoms with Crippen LogP contribution in [0.4, 0.5) is 0 Å². The summed E-state index contributed by atoms with van der Waals surface area (Å²) in [5.41, 5.74) is 0. The molecule has 0 aliphatic rings. The van der Waals surface area contributed by atoms with E-state index in [1.165, 1.54) is 167 Å². The summed E-state index contributed by atoms with van der Waals surface area (Å²) in [5.74, 6) is 0. The van der Waals surface area contributed by atoms with Gasteiger partial charge in [0.05, 0.1) is 0 Å². The Labute approximate surface area is 210 Å². The highest BCUT2D eigenvalue weighted by atomic mass is 16.3. The summed E-state index contributed by atoms with van der Waals surface area (Å²) in [6.45, 7) is 8.39. The second-order valence-corrected chi connectivity index (χ2v) is 10.7. The maximum Gasteiger partial charge on any atom is 0.0443 e. The van der Waals surface area contributed by atoms with E-state index in [0.29, 0.717) is 6.61 Å². The molecule has 0 rings (SSSR count). The lowest BCUT2D eigenvalue weighted by molar-refractivity contribution is 0.220.